The van der Waals surface area contributed by atoms with E-state index >= 15 is 13.2 Å². The van der Waals surface area contributed by atoms with Crippen LogP contribution >= 0.6 is 0 Å². The Kier molecular flexibility index (Phi) is 9.33. The highest BCUT2D eigenvalue weighted by molar-refractivity contribution is 6.09. The largest absolute Gasteiger partial charge is 0.493 e. The zero-order valence-corrected chi connectivity index (χ0v) is 25.5. The van der Waals surface area contributed by atoms with Gasteiger partial charge in [-0.1, -0.05) is 51.1 Å². The number of ketones is 1. The fourth-order valence-electron chi connectivity index (χ4n) is 5.74. The molecule has 0 saturated heterocycles. The van der Waals surface area contributed by atoms with Crippen molar-refractivity contribution in [2.45, 2.75) is 60.2 Å². The number of alkyl halides is 1. The Morgan fingerprint density at radius 1 is 0.814 bits per heavy atom. The Morgan fingerprint density at radius 2 is 1.47 bits per heavy atom. The second-order valence-electron chi connectivity index (χ2n) is 10.9. The Morgan fingerprint density at radius 3 is 2.07 bits per heavy atom. The molecule has 0 saturated carbocycles. The summed E-state index contributed by atoms with van der Waals surface area (Å²) in [7, 11) is 1.33. The maximum atomic E-state index is 15.8. The molecule has 1 aliphatic rings. The first-order valence-electron chi connectivity index (χ1n) is 14.4. The third-order valence-electron chi connectivity index (χ3n) is 7.62. The van der Waals surface area contributed by atoms with Crippen molar-refractivity contribution < 1.29 is 31.8 Å². The van der Waals surface area contributed by atoms with Crippen LogP contribution in [0.25, 0.3) is 11.1 Å². The highest BCUT2D eigenvalue weighted by atomic mass is 19.2. The number of methoxy groups -OCH3 is 1. The normalized spacial score (nSPS) is 15.2. The fraction of sp³-hybridized carbons (Fsp3) is 0.306. The van der Waals surface area contributed by atoms with Crippen molar-refractivity contribution in [1.29, 1.82) is 0 Å². The molecule has 0 aliphatic heterocycles. The number of carbonyl (C=O) groups excluding carboxylic acids is 1. The summed E-state index contributed by atoms with van der Waals surface area (Å²) in [4.78, 5) is 13.1. The van der Waals surface area contributed by atoms with E-state index in [0.717, 1.165) is 36.6 Å². The van der Waals surface area contributed by atoms with Gasteiger partial charge in [0.1, 0.15) is 17.4 Å². The quantitative estimate of drug-likeness (QED) is 0.158. The predicted octanol–water partition coefficient (Wildman–Crippen LogP) is 9.61. The first-order valence-corrected chi connectivity index (χ1v) is 14.4. The second-order valence-corrected chi connectivity index (χ2v) is 10.9. The molecule has 0 radical (unpaired) electrons. The highest BCUT2D eigenvalue weighted by Crippen LogP contribution is 2.37. The summed E-state index contributed by atoms with van der Waals surface area (Å²) in [5.41, 5.74) is 3.34. The molecular formula is C36H36F4O3. The summed E-state index contributed by atoms with van der Waals surface area (Å²) in [5, 5.41) is 0. The van der Waals surface area contributed by atoms with Gasteiger partial charge < -0.3 is 9.47 Å². The smallest absolute Gasteiger partial charge is 0.271 e. The molecule has 3 nitrogen and oxygen atoms in total. The fourth-order valence-corrected chi connectivity index (χ4v) is 5.74. The Hall–Kier alpha value is -4.13. The molecule has 0 fully saturated rings. The van der Waals surface area contributed by atoms with Gasteiger partial charge in [0.05, 0.1) is 12.7 Å². The third-order valence-corrected chi connectivity index (χ3v) is 7.62. The molecule has 0 aromatic heterocycles. The van der Waals surface area contributed by atoms with Gasteiger partial charge in [0.15, 0.2) is 17.3 Å². The monoisotopic (exact) mass is 592 g/mol. The second kappa shape index (κ2) is 12.6. The van der Waals surface area contributed by atoms with Gasteiger partial charge in [-0.15, -0.1) is 0 Å². The van der Waals surface area contributed by atoms with Crippen LogP contribution in [0.1, 0.15) is 71.4 Å². The predicted molar refractivity (Wildman–Crippen MR) is 161 cm³/mol. The van der Waals surface area contributed by atoms with Crippen LogP contribution in [0.15, 0.2) is 60.7 Å². The van der Waals surface area contributed by atoms with Gasteiger partial charge in [-0.3, -0.25) is 4.79 Å². The van der Waals surface area contributed by atoms with Gasteiger partial charge in [-0.25, -0.2) is 13.2 Å². The lowest BCUT2D eigenvalue weighted by atomic mass is 9.93. The maximum absolute atomic E-state index is 15.8. The average molecular weight is 593 g/mol. The number of fused-ring (bicyclic) bond motifs is 1. The number of carbonyl (C=O) groups is 1. The van der Waals surface area contributed by atoms with E-state index < -0.39 is 29.1 Å². The molecule has 0 N–H and O–H groups in total. The number of hydrogen-bond acceptors (Lipinski definition) is 3. The lowest BCUT2D eigenvalue weighted by molar-refractivity contribution is -0.0512. The van der Waals surface area contributed by atoms with Gasteiger partial charge in [0.25, 0.3) is 5.85 Å². The third kappa shape index (κ3) is 6.46. The SMILES string of the molecule is CC.COc1c(C)cc(OC(C)(F)c2ccc(-c3c(F)cc(C(=O)c4ccc5c(c4)CC(C)C5)cc3F)cc2C)cc1F. The lowest BCUT2D eigenvalue weighted by Crippen LogP contribution is -2.25. The summed E-state index contributed by atoms with van der Waals surface area (Å²) < 4.78 is 71.1. The standard InChI is InChI=1S/C34H30F4O3.C2H6/c1-18-10-21-6-7-23(14-24(21)11-18)32(39)25-15-28(35)31(29(36)16-25)22-8-9-27(19(2)12-22)34(4,38)41-26-13-20(3)33(40-5)30(37)17-26;1-2/h6-9,12-18H,10-11H2,1-5H3;1-2H3. The molecule has 0 amide bonds. The minimum atomic E-state index is -2.38. The minimum absolute atomic E-state index is 0.0375. The highest BCUT2D eigenvalue weighted by Gasteiger charge is 2.31. The molecule has 0 spiro atoms. The summed E-state index contributed by atoms with van der Waals surface area (Å²) >= 11 is 0. The molecule has 7 heteroatoms. The molecule has 4 aromatic rings. The maximum Gasteiger partial charge on any atom is 0.271 e. The Balaban J connectivity index is 0.00000207. The van der Waals surface area contributed by atoms with E-state index in [1.54, 1.807) is 19.9 Å². The number of halogens is 4. The van der Waals surface area contributed by atoms with Crippen molar-refractivity contribution in [2.75, 3.05) is 7.11 Å². The first kappa shape index (κ1) is 31.8. The molecule has 0 heterocycles. The van der Waals surface area contributed by atoms with Gasteiger partial charge >= 0.3 is 0 Å². The van der Waals surface area contributed by atoms with Crippen LogP contribution in [0.5, 0.6) is 11.5 Å². The van der Waals surface area contributed by atoms with Gasteiger partial charge in [-0.05, 0) is 84.7 Å². The first-order chi connectivity index (χ1) is 20.4. The van der Waals surface area contributed by atoms with Crippen LogP contribution in [0, 0.1) is 37.2 Å². The van der Waals surface area contributed by atoms with Gasteiger partial charge in [0, 0.05) is 29.7 Å². The molecule has 0 bridgehead atoms. The van der Waals surface area contributed by atoms with Crippen molar-refractivity contribution in [3.63, 3.8) is 0 Å². The van der Waals surface area contributed by atoms with Crippen molar-refractivity contribution in [2.24, 2.45) is 5.92 Å². The molecular weight excluding hydrogens is 556 g/mol. The van der Waals surface area contributed by atoms with Crippen molar-refractivity contribution in [3.8, 4) is 22.6 Å². The molecule has 226 valence electrons. The Labute approximate surface area is 250 Å². The molecule has 43 heavy (non-hydrogen) atoms. The lowest BCUT2D eigenvalue weighted by Gasteiger charge is -2.25. The van der Waals surface area contributed by atoms with E-state index in [1.165, 1.54) is 43.9 Å². The topological polar surface area (TPSA) is 35.5 Å². The van der Waals surface area contributed by atoms with Gasteiger partial charge in [0.2, 0.25) is 0 Å². The van der Waals surface area contributed by atoms with Crippen LogP contribution in [0.4, 0.5) is 17.6 Å². The summed E-state index contributed by atoms with van der Waals surface area (Å²) in [6.45, 7) is 10.5. The van der Waals surface area contributed by atoms with Crippen LogP contribution in [-0.2, 0) is 18.7 Å². The molecule has 5 rings (SSSR count). The molecule has 4 aromatic carbocycles. The number of rotatable bonds is 7. The summed E-state index contributed by atoms with van der Waals surface area (Å²) in [6.07, 6.45) is 1.82. The van der Waals surface area contributed by atoms with Crippen molar-refractivity contribution >= 4 is 5.78 Å². The number of benzene rings is 4. The van der Waals surface area contributed by atoms with E-state index in [-0.39, 0.29) is 33.8 Å². The van der Waals surface area contributed by atoms with E-state index in [2.05, 4.69) is 6.92 Å². The van der Waals surface area contributed by atoms with E-state index in [9.17, 15) is 9.18 Å². The van der Waals surface area contributed by atoms with Crippen LogP contribution in [0.3, 0.4) is 0 Å². The zero-order valence-electron chi connectivity index (χ0n) is 25.5. The van der Waals surface area contributed by atoms with Crippen LogP contribution in [0.2, 0.25) is 0 Å². The molecule has 2 unspecified atom stereocenters. The van der Waals surface area contributed by atoms with Crippen LogP contribution in [-0.4, -0.2) is 12.9 Å². The molecule has 2 atom stereocenters. The summed E-state index contributed by atoms with van der Waals surface area (Å²) in [5.74, 6) is -4.84. The van der Waals surface area contributed by atoms with Crippen molar-refractivity contribution in [3.05, 3.63) is 117 Å². The Bertz CT molecular complexity index is 1630. The number of hydrogen-bond donors (Lipinski definition) is 0. The van der Waals surface area contributed by atoms with Gasteiger partial charge in [-0.2, -0.15) is 4.39 Å². The van der Waals surface area contributed by atoms with Crippen LogP contribution < -0.4 is 9.47 Å². The van der Waals surface area contributed by atoms with E-state index in [1.807, 2.05) is 26.0 Å². The molecule has 1 aliphatic carbocycles. The number of aryl methyl sites for hydroxylation is 2. The average Bonchev–Trinajstić information content (AvgIpc) is 3.32. The zero-order chi connectivity index (χ0) is 31.6. The summed E-state index contributed by atoms with van der Waals surface area (Å²) in [6, 6.07) is 14.2. The van der Waals surface area contributed by atoms with E-state index in [0.29, 0.717) is 22.6 Å². The number of ether oxygens (including phenoxy) is 2. The van der Waals surface area contributed by atoms with E-state index in [4.69, 9.17) is 9.47 Å². The van der Waals surface area contributed by atoms with Crippen molar-refractivity contribution in [1.82, 2.24) is 0 Å². The minimum Gasteiger partial charge on any atom is -0.493 e.